The molecule has 0 aliphatic heterocycles. The van der Waals surface area contributed by atoms with Gasteiger partial charge in [-0.05, 0) is 28.2 Å². The van der Waals surface area contributed by atoms with E-state index >= 15 is 0 Å². The molecular weight excluding hydrogens is 466 g/mol. The molecule has 35 heavy (non-hydrogen) atoms. The number of hydrogen-bond acceptors (Lipinski definition) is 6. The Labute approximate surface area is 207 Å². The predicted molar refractivity (Wildman–Crippen MR) is 132 cm³/mol. The molecule has 3 aromatic rings. The molecule has 0 spiro atoms. The van der Waals surface area contributed by atoms with Gasteiger partial charge in [0.1, 0.15) is 16.5 Å². The second kappa shape index (κ2) is 10.7. The van der Waals surface area contributed by atoms with E-state index < -0.39 is 18.1 Å². The van der Waals surface area contributed by atoms with Gasteiger partial charge in [0, 0.05) is 18.4 Å². The number of fused-ring (bicyclic) bond motifs is 3. The summed E-state index contributed by atoms with van der Waals surface area (Å²) in [7, 11) is 0. The van der Waals surface area contributed by atoms with Gasteiger partial charge < -0.3 is 20.5 Å². The van der Waals surface area contributed by atoms with E-state index in [1.807, 2.05) is 38.1 Å². The maximum absolute atomic E-state index is 12.6. The maximum atomic E-state index is 12.6. The smallest absolute Gasteiger partial charge is 0.407 e. The fourth-order valence-electron chi connectivity index (χ4n) is 4.18. The van der Waals surface area contributed by atoms with Crippen LogP contribution in [0.3, 0.4) is 0 Å². The van der Waals surface area contributed by atoms with Gasteiger partial charge in [-0.3, -0.25) is 4.79 Å². The Morgan fingerprint density at radius 1 is 1.06 bits per heavy atom. The van der Waals surface area contributed by atoms with Gasteiger partial charge in [0.2, 0.25) is 5.91 Å². The van der Waals surface area contributed by atoms with Crippen molar-refractivity contribution in [3.63, 3.8) is 0 Å². The van der Waals surface area contributed by atoms with Crippen LogP contribution in [0.5, 0.6) is 0 Å². The van der Waals surface area contributed by atoms with Gasteiger partial charge in [-0.25, -0.2) is 14.6 Å². The number of nitrogens with zero attached hydrogens (tertiary/aromatic N) is 1. The lowest BCUT2D eigenvalue weighted by Gasteiger charge is -2.22. The van der Waals surface area contributed by atoms with Crippen molar-refractivity contribution in [2.24, 2.45) is 5.92 Å². The molecule has 8 nitrogen and oxygen atoms in total. The summed E-state index contributed by atoms with van der Waals surface area (Å²) in [5.74, 6) is -1.36. The van der Waals surface area contributed by atoms with Crippen molar-refractivity contribution < 1.29 is 24.2 Å². The minimum Gasteiger partial charge on any atom is -0.477 e. The van der Waals surface area contributed by atoms with Gasteiger partial charge in [0.05, 0.1) is 12.7 Å². The van der Waals surface area contributed by atoms with Gasteiger partial charge in [-0.1, -0.05) is 62.4 Å². The van der Waals surface area contributed by atoms with Crippen LogP contribution >= 0.6 is 11.3 Å². The first kappa shape index (κ1) is 24.4. The van der Waals surface area contributed by atoms with Gasteiger partial charge in [-0.2, -0.15) is 0 Å². The van der Waals surface area contributed by atoms with Crippen LogP contribution < -0.4 is 10.6 Å². The number of rotatable bonds is 9. The number of amides is 2. The third-order valence-electron chi connectivity index (χ3n) is 6.06. The molecule has 0 bridgehead atoms. The van der Waals surface area contributed by atoms with E-state index in [-0.39, 0.29) is 42.2 Å². The summed E-state index contributed by atoms with van der Waals surface area (Å²) in [4.78, 5) is 40.2. The number of ether oxygens (including phenoxy) is 1. The highest BCUT2D eigenvalue weighted by molar-refractivity contribution is 7.13. The number of hydrogen-bond donors (Lipinski definition) is 3. The molecule has 1 heterocycles. The zero-order valence-electron chi connectivity index (χ0n) is 19.5. The third-order valence-corrected chi connectivity index (χ3v) is 7.04. The number of aromatic nitrogens is 1. The SMILES string of the molecule is CC(C)[C@@H](CC(=O)NCc1ncc(C(=O)O)s1)NC(=O)OCC1c2ccccc2-c2ccccc21. The van der Waals surface area contributed by atoms with Crippen LogP contribution in [0.1, 0.15) is 52.0 Å². The molecule has 1 aliphatic carbocycles. The number of carboxylic acids is 1. The van der Waals surface area contributed by atoms with Crippen LogP contribution in [-0.2, 0) is 16.1 Å². The minimum atomic E-state index is -1.05. The first-order valence-corrected chi connectivity index (χ1v) is 12.2. The van der Waals surface area contributed by atoms with Crippen LogP contribution in [0.2, 0.25) is 0 Å². The number of aromatic carboxylic acids is 1. The molecule has 0 unspecified atom stereocenters. The third kappa shape index (κ3) is 5.68. The van der Waals surface area contributed by atoms with Gasteiger partial charge in [0.25, 0.3) is 0 Å². The van der Waals surface area contributed by atoms with Crippen LogP contribution in [0.25, 0.3) is 11.1 Å². The molecule has 0 saturated heterocycles. The lowest BCUT2D eigenvalue weighted by Crippen LogP contribution is -2.42. The number of carbonyl (C=O) groups is 3. The summed E-state index contributed by atoms with van der Waals surface area (Å²) in [5, 5.41) is 15.0. The monoisotopic (exact) mass is 493 g/mol. The lowest BCUT2D eigenvalue weighted by molar-refractivity contribution is -0.121. The Hall–Kier alpha value is -3.72. The molecule has 1 aromatic heterocycles. The molecule has 3 N–H and O–H groups in total. The van der Waals surface area contributed by atoms with Crippen molar-refractivity contribution in [1.82, 2.24) is 15.6 Å². The molecular formula is C26H27N3O5S. The fourth-order valence-corrected chi connectivity index (χ4v) is 4.88. The number of nitrogens with one attached hydrogen (secondary N) is 2. The largest absolute Gasteiger partial charge is 0.477 e. The summed E-state index contributed by atoms with van der Waals surface area (Å²) in [6, 6.07) is 15.8. The molecule has 9 heteroatoms. The van der Waals surface area contributed by atoms with Gasteiger partial charge in [0.15, 0.2) is 0 Å². The Balaban J connectivity index is 1.31. The molecule has 2 aromatic carbocycles. The molecule has 182 valence electrons. The fraction of sp³-hybridized carbons (Fsp3) is 0.308. The normalized spacial score (nSPS) is 13.1. The first-order valence-electron chi connectivity index (χ1n) is 11.4. The van der Waals surface area contributed by atoms with Crippen LogP contribution in [0.4, 0.5) is 4.79 Å². The lowest BCUT2D eigenvalue weighted by atomic mass is 9.98. The number of carboxylic acid groups (broad SMARTS) is 1. The Kier molecular flexibility index (Phi) is 7.45. The molecule has 1 atom stereocenters. The summed E-state index contributed by atoms with van der Waals surface area (Å²) in [6.45, 7) is 4.17. The summed E-state index contributed by atoms with van der Waals surface area (Å²) < 4.78 is 5.61. The predicted octanol–water partition coefficient (Wildman–Crippen LogP) is 4.41. The molecule has 0 saturated carbocycles. The van der Waals surface area contributed by atoms with E-state index in [2.05, 4.69) is 39.9 Å². The van der Waals surface area contributed by atoms with E-state index in [9.17, 15) is 14.4 Å². The van der Waals surface area contributed by atoms with E-state index in [1.54, 1.807) is 0 Å². The summed E-state index contributed by atoms with van der Waals surface area (Å²) in [6.07, 6.45) is 0.771. The Bertz CT molecular complexity index is 1190. The number of carbonyl (C=O) groups excluding carboxylic acids is 2. The van der Waals surface area contributed by atoms with Crippen LogP contribution in [0, 0.1) is 5.92 Å². The average molecular weight is 494 g/mol. The number of thiazole rings is 1. The van der Waals surface area contributed by atoms with Crippen molar-refractivity contribution in [2.75, 3.05) is 6.61 Å². The van der Waals surface area contributed by atoms with E-state index in [1.165, 1.54) is 6.20 Å². The Morgan fingerprint density at radius 2 is 1.69 bits per heavy atom. The van der Waals surface area contributed by atoms with Crippen LogP contribution in [0.15, 0.2) is 54.7 Å². The maximum Gasteiger partial charge on any atom is 0.407 e. The second-order valence-electron chi connectivity index (χ2n) is 8.72. The molecule has 1 aliphatic rings. The van der Waals surface area contributed by atoms with Crippen molar-refractivity contribution in [3.05, 3.63) is 75.7 Å². The molecule has 4 rings (SSSR count). The standard InChI is InChI=1S/C26H27N3O5S/c1-15(2)21(11-23(30)27-13-24-28-12-22(35-24)25(31)32)29-26(33)34-14-20-18-9-5-3-7-16(18)17-8-4-6-10-19(17)20/h3-10,12,15,20-21H,11,13-14H2,1-2H3,(H,27,30)(H,29,33)(H,31,32)/t21-/m1/s1. The summed E-state index contributed by atoms with van der Waals surface area (Å²) in [5.41, 5.74) is 4.58. The van der Waals surface area contributed by atoms with Gasteiger partial charge in [-0.15, -0.1) is 11.3 Å². The number of benzene rings is 2. The molecule has 2 amide bonds. The minimum absolute atomic E-state index is 0.000270. The van der Waals surface area contributed by atoms with Crippen molar-refractivity contribution in [1.29, 1.82) is 0 Å². The van der Waals surface area contributed by atoms with E-state index in [4.69, 9.17) is 9.84 Å². The average Bonchev–Trinajstić information content (AvgIpc) is 3.44. The van der Waals surface area contributed by atoms with Crippen molar-refractivity contribution in [3.8, 4) is 11.1 Å². The zero-order chi connectivity index (χ0) is 24.9. The molecule has 0 fully saturated rings. The highest BCUT2D eigenvalue weighted by atomic mass is 32.1. The van der Waals surface area contributed by atoms with Crippen LogP contribution in [-0.4, -0.2) is 40.7 Å². The molecule has 0 radical (unpaired) electrons. The van der Waals surface area contributed by atoms with Crippen molar-refractivity contribution in [2.45, 2.75) is 38.8 Å². The van der Waals surface area contributed by atoms with Crippen molar-refractivity contribution >= 4 is 29.3 Å². The highest BCUT2D eigenvalue weighted by Gasteiger charge is 2.29. The van der Waals surface area contributed by atoms with Gasteiger partial charge >= 0.3 is 12.1 Å². The quantitative estimate of drug-likeness (QED) is 0.406. The first-order chi connectivity index (χ1) is 16.8. The summed E-state index contributed by atoms with van der Waals surface area (Å²) >= 11 is 1.01. The number of alkyl carbamates (subject to hydrolysis) is 1. The highest BCUT2D eigenvalue weighted by Crippen LogP contribution is 2.44. The Morgan fingerprint density at radius 3 is 2.26 bits per heavy atom. The second-order valence-corrected chi connectivity index (χ2v) is 9.84. The topological polar surface area (TPSA) is 118 Å². The zero-order valence-corrected chi connectivity index (χ0v) is 20.3. The van der Waals surface area contributed by atoms with E-state index in [0.717, 1.165) is 33.6 Å². The van der Waals surface area contributed by atoms with E-state index in [0.29, 0.717) is 5.01 Å².